The van der Waals surface area contributed by atoms with Crippen LogP contribution in [-0.2, 0) is 4.79 Å². The molecule has 0 aromatic carbocycles. The lowest BCUT2D eigenvalue weighted by molar-refractivity contribution is -0.139. The second-order valence-electron chi connectivity index (χ2n) is 7.80. The summed E-state index contributed by atoms with van der Waals surface area (Å²) in [4.78, 5) is 28.6. The molecule has 4 aliphatic rings. The zero-order valence-corrected chi connectivity index (χ0v) is 15.5. The van der Waals surface area contributed by atoms with Crippen molar-refractivity contribution in [1.82, 2.24) is 14.9 Å². The number of fused-ring (bicyclic) bond motifs is 4. The molecule has 2 atom stereocenters. The van der Waals surface area contributed by atoms with Crippen LogP contribution in [-0.4, -0.2) is 70.8 Å². The second kappa shape index (κ2) is 7.39. The topological polar surface area (TPSA) is 72.8 Å². The van der Waals surface area contributed by atoms with Crippen LogP contribution >= 0.6 is 0 Å². The van der Waals surface area contributed by atoms with E-state index < -0.39 is 0 Å². The highest BCUT2D eigenvalue weighted by Gasteiger charge is 2.40. The zero-order valence-electron chi connectivity index (χ0n) is 15.5. The van der Waals surface area contributed by atoms with Crippen molar-refractivity contribution in [2.45, 2.75) is 51.2 Å². The maximum atomic E-state index is 12.7. The number of aliphatic hydroxyl groups is 1. The van der Waals surface area contributed by atoms with Crippen LogP contribution < -0.4 is 9.80 Å². The van der Waals surface area contributed by atoms with Crippen molar-refractivity contribution in [1.29, 1.82) is 0 Å². The molecule has 0 unspecified atom stereocenters. The molecule has 0 aliphatic carbocycles. The van der Waals surface area contributed by atoms with Crippen LogP contribution in [0.15, 0.2) is 12.3 Å². The van der Waals surface area contributed by atoms with Gasteiger partial charge in [-0.25, -0.2) is 4.98 Å². The fraction of sp³-hybridized carbons (Fsp3) is 0.737. The van der Waals surface area contributed by atoms with E-state index in [0.717, 1.165) is 76.6 Å². The SMILES string of the molecule is CCCN1C(=O)[C@@H]2CC[C@H]1CN(c1nccc(N3CCC(O)CC3)n1)C2. The Bertz CT molecular complexity index is 647. The van der Waals surface area contributed by atoms with Crippen LogP contribution in [0.25, 0.3) is 0 Å². The number of amides is 1. The van der Waals surface area contributed by atoms with E-state index in [1.54, 1.807) is 0 Å². The van der Waals surface area contributed by atoms with Gasteiger partial charge in [0.05, 0.1) is 12.0 Å². The van der Waals surface area contributed by atoms with Gasteiger partial charge in [0.1, 0.15) is 5.82 Å². The van der Waals surface area contributed by atoms with Crippen molar-refractivity contribution in [2.24, 2.45) is 5.92 Å². The van der Waals surface area contributed by atoms with Gasteiger partial charge in [-0.05, 0) is 38.2 Å². The Morgan fingerprint density at radius 3 is 2.73 bits per heavy atom. The monoisotopic (exact) mass is 359 g/mol. The lowest BCUT2D eigenvalue weighted by Gasteiger charge is -2.35. The third-order valence-electron chi connectivity index (χ3n) is 5.96. The first-order valence-corrected chi connectivity index (χ1v) is 9.97. The Morgan fingerprint density at radius 2 is 1.96 bits per heavy atom. The van der Waals surface area contributed by atoms with Gasteiger partial charge in [0.2, 0.25) is 11.9 Å². The molecule has 7 nitrogen and oxygen atoms in total. The summed E-state index contributed by atoms with van der Waals surface area (Å²) >= 11 is 0. The molecule has 26 heavy (non-hydrogen) atoms. The van der Waals surface area contributed by atoms with Gasteiger partial charge in [-0.2, -0.15) is 4.98 Å². The van der Waals surface area contributed by atoms with Crippen LogP contribution in [0.4, 0.5) is 11.8 Å². The first-order chi connectivity index (χ1) is 12.7. The quantitative estimate of drug-likeness (QED) is 0.873. The first-order valence-electron chi connectivity index (χ1n) is 9.97. The van der Waals surface area contributed by atoms with E-state index in [9.17, 15) is 9.90 Å². The van der Waals surface area contributed by atoms with Crippen LogP contribution in [0.2, 0.25) is 0 Å². The van der Waals surface area contributed by atoms with Crippen LogP contribution in [0.3, 0.4) is 0 Å². The average molecular weight is 359 g/mol. The number of hydrogen-bond acceptors (Lipinski definition) is 6. The van der Waals surface area contributed by atoms with E-state index in [-0.39, 0.29) is 18.1 Å². The van der Waals surface area contributed by atoms with Crippen molar-refractivity contribution in [3.63, 3.8) is 0 Å². The van der Waals surface area contributed by atoms with E-state index in [4.69, 9.17) is 4.98 Å². The second-order valence-corrected chi connectivity index (χ2v) is 7.80. The molecule has 1 aromatic heterocycles. The predicted octanol–water partition coefficient (Wildman–Crippen LogP) is 1.27. The third kappa shape index (κ3) is 3.37. The highest BCUT2D eigenvalue weighted by atomic mass is 16.3. The summed E-state index contributed by atoms with van der Waals surface area (Å²) < 4.78 is 0. The number of aromatic nitrogens is 2. The van der Waals surface area contributed by atoms with Gasteiger partial charge in [0.25, 0.3) is 0 Å². The fourth-order valence-electron chi connectivity index (χ4n) is 4.50. The average Bonchev–Trinajstić information content (AvgIpc) is 2.95. The summed E-state index contributed by atoms with van der Waals surface area (Å²) in [5.74, 6) is 2.04. The molecular formula is C19H29N5O2. The summed E-state index contributed by atoms with van der Waals surface area (Å²) in [5.41, 5.74) is 0. The molecule has 4 fully saturated rings. The Labute approximate surface area is 155 Å². The standard InChI is InChI=1S/C19H29N5O2/c1-2-9-24-15-4-3-14(18(24)26)12-23(13-15)19-20-8-5-17(21-19)22-10-6-16(25)7-11-22/h5,8,14-16,25H,2-4,6-7,9-13H2,1H3/t14-,15+/m1/s1. The Morgan fingerprint density at radius 1 is 1.15 bits per heavy atom. The van der Waals surface area contributed by atoms with Crippen molar-refractivity contribution < 1.29 is 9.90 Å². The fourth-order valence-corrected chi connectivity index (χ4v) is 4.50. The normalized spacial score (nSPS) is 27.2. The van der Waals surface area contributed by atoms with Gasteiger partial charge in [-0.1, -0.05) is 6.92 Å². The number of hydrogen-bond donors (Lipinski definition) is 1. The first kappa shape index (κ1) is 17.5. The van der Waals surface area contributed by atoms with Crippen LogP contribution in [0, 0.1) is 5.92 Å². The van der Waals surface area contributed by atoms with Crippen LogP contribution in [0.5, 0.6) is 0 Å². The minimum Gasteiger partial charge on any atom is -0.393 e. The maximum Gasteiger partial charge on any atom is 0.227 e. The smallest absolute Gasteiger partial charge is 0.227 e. The van der Waals surface area contributed by atoms with E-state index in [2.05, 4.69) is 26.6 Å². The van der Waals surface area contributed by atoms with Gasteiger partial charge >= 0.3 is 0 Å². The molecule has 2 bridgehead atoms. The molecule has 0 saturated carbocycles. The van der Waals surface area contributed by atoms with Crippen molar-refractivity contribution in [3.8, 4) is 0 Å². The summed E-state index contributed by atoms with van der Waals surface area (Å²) in [5, 5.41) is 9.72. The van der Waals surface area contributed by atoms with Gasteiger partial charge in [-0.3, -0.25) is 4.79 Å². The number of piperidine rings is 2. The molecule has 1 aromatic rings. The Balaban J connectivity index is 1.53. The van der Waals surface area contributed by atoms with E-state index in [0.29, 0.717) is 5.91 Å². The minimum atomic E-state index is -0.190. The minimum absolute atomic E-state index is 0.0673. The lowest BCUT2D eigenvalue weighted by Crippen LogP contribution is -2.48. The number of aliphatic hydroxyl groups excluding tert-OH is 1. The summed E-state index contributed by atoms with van der Waals surface area (Å²) in [6, 6.07) is 2.22. The van der Waals surface area contributed by atoms with Crippen molar-refractivity contribution >= 4 is 17.7 Å². The maximum absolute atomic E-state index is 12.7. The summed E-state index contributed by atoms with van der Waals surface area (Å²) in [7, 11) is 0. The number of rotatable bonds is 4. The van der Waals surface area contributed by atoms with Crippen molar-refractivity contribution in [2.75, 3.05) is 42.5 Å². The highest BCUT2D eigenvalue weighted by molar-refractivity contribution is 5.81. The Hall–Kier alpha value is -1.89. The zero-order chi connectivity index (χ0) is 18.1. The van der Waals surface area contributed by atoms with E-state index >= 15 is 0 Å². The third-order valence-corrected chi connectivity index (χ3v) is 5.96. The Kier molecular flexibility index (Phi) is 4.98. The molecule has 1 N–H and O–H groups in total. The summed E-state index contributed by atoms with van der Waals surface area (Å²) in [6.07, 6.45) is 6.26. The number of nitrogens with zero attached hydrogens (tertiary/aromatic N) is 5. The molecule has 5 heterocycles. The molecular weight excluding hydrogens is 330 g/mol. The van der Waals surface area contributed by atoms with Gasteiger partial charge < -0.3 is 19.8 Å². The number of anilines is 2. The van der Waals surface area contributed by atoms with E-state index in [1.165, 1.54) is 0 Å². The molecule has 142 valence electrons. The highest BCUT2D eigenvalue weighted by Crippen LogP contribution is 2.31. The van der Waals surface area contributed by atoms with E-state index in [1.807, 2.05) is 12.3 Å². The van der Waals surface area contributed by atoms with Gasteiger partial charge in [0.15, 0.2) is 0 Å². The van der Waals surface area contributed by atoms with Gasteiger partial charge in [0, 0.05) is 45.0 Å². The van der Waals surface area contributed by atoms with Crippen molar-refractivity contribution in [3.05, 3.63) is 12.3 Å². The molecule has 5 rings (SSSR count). The van der Waals surface area contributed by atoms with Crippen LogP contribution in [0.1, 0.15) is 39.0 Å². The predicted molar refractivity (Wildman–Crippen MR) is 100 cm³/mol. The lowest BCUT2D eigenvalue weighted by atomic mass is 9.94. The molecule has 0 radical (unpaired) electrons. The molecule has 0 spiro atoms. The molecule has 7 heteroatoms. The molecule has 1 amide bonds. The summed E-state index contributed by atoms with van der Waals surface area (Å²) in [6.45, 7) is 6.18. The van der Waals surface area contributed by atoms with Gasteiger partial charge in [-0.15, -0.1) is 0 Å². The number of carbonyl (C=O) groups is 1. The largest absolute Gasteiger partial charge is 0.393 e. The number of carbonyl (C=O) groups excluding carboxylic acids is 1. The molecule has 4 saturated heterocycles. The molecule has 4 aliphatic heterocycles.